The number of primary amides is 2. The number of aliphatic carboxylic acids is 1. The fraction of sp³-hybridized carbons (Fsp3) is 0.519. The minimum absolute atomic E-state index is 0.0350. The van der Waals surface area contributed by atoms with E-state index in [1.165, 1.54) is 4.90 Å². The van der Waals surface area contributed by atoms with Gasteiger partial charge in [-0.2, -0.15) is 0 Å². The number of nitrogens with one attached hydrogen (secondary N) is 7. The highest BCUT2D eigenvalue weighted by atomic mass is 16.4. The van der Waals surface area contributed by atoms with Crippen LogP contribution >= 0.6 is 0 Å². The minimum Gasteiger partial charge on any atom is -0.481 e. The van der Waals surface area contributed by atoms with Crippen molar-refractivity contribution >= 4 is 77.0 Å². The van der Waals surface area contributed by atoms with Gasteiger partial charge in [-0.3, -0.25) is 62.7 Å². The highest BCUT2D eigenvalue weighted by Crippen LogP contribution is 2.21. The molecule has 1 aliphatic heterocycles. The molecular weight excluding hydrogens is 1040 g/mol. The van der Waals surface area contributed by atoms with E-state index in [1.54, 1.807) is 74.5 Å². The number of amides is 10. The number of carboxylic acids is 1. The quantitative estimate of drug-likeness (QED) is 0.0182. The van der Waals surface area contributed by atoms with Gasteiger partial charge in [0.25, 0.3) is 0 Å². The second kappa shape index (κ2) is 33.4. The van der Waals surface area contributed by atoms with Gasteiger partial charge in [-0.15, -0.1) is 0 Å². The highest BCUT2D eigenvalue weighted by molar-refractivity contribution is 5.99. The number of carbonyl (C=O) groups excluding carboxylic acids is 10. The van der Waals surface area contributed by atoms with Crippen molar-refractivity contribution in [2.24, 2.45) is 50.3 Å². The van der Waals surface area contributed by atoms with Crippen molar-refractivity contribution in [2.45, 2.75) is 146 Å². The Hall–Kier alpha value is -8.85. The van der Waals surface area contributed by atoms with Crippen LogP contribution in [0.5, 0.6) is 0 Å². The number of carboxylic acid groups (broad SMARTS) is 1. The van der Waals surface area contributed by atoms with Gasteiger partial charge in [-0.1, -0.05) is 74.5 Å². The number of aliphatic imine (C=N–C) groups is 2. The molecule has 438 valence electrons. The predicted molar refractivity (Wildman–Crippen MR) is 293 cm³/mol. The molecule has 8 atom stereocenters. The van der Waals surface area contributed by atoms with Crippen LogP contribution in [0.25, 0.3) is 0 Å². The molecule has 1 fully saturated rings. The monoisotopic (exact) mass is 1120 g/mol. The molecule has 0 aliphatic carbocycles. The van der Waals surface area contributed by atoms with E-state index in [4.69, 9.17) is 34.4 Å². The Morgan fingerprint density at radius 3 is 1.46 bits per heavy atom. The summed E-state index contributed by atoms with van der Waals surface area (Å²) < 4.78 is 0. The number of hydrogen-bond acceptors (Lipinski definition) is 13. The normalized spacial score (nSPS) is 15.4. The van der Waals surface area contributed by atoms with Gasteiger partial charge in [-0.05, 0) is 68.4 Å². The van der Waals surface area contributed by atoms with Crippen LogP contribution in [-0.4, -0.2) is 155 Å². The van der Waals surface area contributed by atoms with Gasteiger partial charge in [0.1, 0.15) is 48.3 Å². The first-order valence-electron chi connectivity index (χ1n) is 26.2. The van der Waals surface area contributed by atoms with Gasteiger partial charge in [0.15, 0.2) is 11.9 Å². The maximum absolute atomic E-state index is 14.7. The lowest BCUT2D eigenvalue weighted by molar-refractivity contribution is -0.142. The van der Waals surface area contributed by atoms with E-state index in [2.05, 4.69) is 47.2 Å². The maximum Gasteiger partial charge on any atom is 0.303 e. The average molecular weight is 1120 g/mol. The summed E-state index contributed by atoms with van der Waals surface area (Å²) in [4.78, 5) is 156. The molecule has 2 aromatic rings. The number of benzene rings is 2. The first-order chi connectivity index (χ1) is 37.8. The van der Waals surface area contributed by atoms with Crippen LogP contribution < -0.4 is 71.6 Å². The van der Waals surface area contributed by atoms with Crippen molar-refractivity contribution in [1.82, 2.24) is 42.1 Å². The molecule has 28 heteroatoms. The molecule has 0 unspecified atom stereocenters. The third kappa shape index (κ3) is 23.8. The van der Waals surface area contributed by atoms with Crippen molar-refractivity contribution in [3.63, 3.8) is 0 Å². The largest absolute Gasteiger partial charge is 0.481 e. The molecule has 20 N–H and O–H groups in total. The fourth-order valence-corrected chi connectivity index (χ4v) is 8.69. The van der Waals surface area contributed by atoms with Crippen LogP contribution in [0.4, 0.5) is 0 Å². The van der Waals surface area contributed by atoms with E-state index in [0.29, 0.717) is 17.5 Å². The summed E-state index contributed by atoms with van der Waals surface area (Å²) in [6.45, 7) is 4.87. The molecule has 80 heavy (non-hydrogen) atoms. The Morgan fingerprint density at radius 1 is 0.575 bits per heavy atom. The van der Waals surface area contributed by atoms with Crippen LogP contribution in [0.1, 0.15) is 96.1 Å². The summed E-state index contributed by atoms with van der Waals surface area (Å²) in [6, 6.07) is 6.46. The standard InChI is InChI=1S/C52H78N16O12/c1-29(2)25-37(65-48(78)39(27-32-15-8-5-9-16-32)66-45(75)34(61-30(3)69)20-21-42(71)72)46(76)67-38(26-31-13-6-4-7-14-31)47(77)63-35(18-11-23-60-52(57)58)50(80)68-24-12-19-40(68)49(79)62-33(17-10-22-59-51(55)56)44(74)64-36(43(54)73)28-41(53)70/h4-9,13-16,29,33-40H,10-12,17-28H2,1-3H3,(H2,53,70)(H2,54,73)(H,61,69)(H,62,79)(H,63,77)(H,64,74)(H,65,78)(H,66,75)(H,67,76)(H,71,72)(H4,55,56,59)(H4,57,58,60)/t33-,34-,35-,36-,37-,38-,39-,40-/m0/s1. The van der Waals surface area contributed by atoms with E-state index >= 15 is 0 Å². The highest BCUT2D eigenvalue weighted by Gasteiger charge is 2.40. The molecule has 0 bridgehead atoms. The van der Waals surface area contributed by atoms with E-state index < -0.39 is 126 Å². The fourth-order valence-electron chi connectivity index (χ4n) is 8.69. The van der Waals surface area contributed by atoms with E-state index in [0.717, 1.165) is 6.92 Å². The number of rotatable bonds is 34. The lowest BCUT2D eigenvalue weighted by Gasteiger charge is -2.31. The van der Waals surface area contributed by atoms with Crippen molar-refractivity contribution in [2.75, 3.05) is 19.6 Å². The van der Waals surface area contributed by atoms with Gasteiger partial charge in [-0.25, -0.2) is 0 Å². The Labute approximate surface area is 463 Å². The van der Waals surface area contributed by atoms with Crippen LogP contribution in [0, 0.1) is 5.92 Å². The van der Waals surface area contributed by atoms with Gasteiger partial charge in [0.05, 0.1) is 6.42 Å². The molecule has 28 nitrogen and oxygen atoms in total. The summed E-state index contributed by atoms with van der Waals surface area (Å²) in [5, 5.41) is 27.6. The molecule has 0 saturated carbocycles. The van der Waals surface area contributed by atoms with E-state index in [9.17, 15) is 57.8 Å². The Morgan fingerprint density at radius 2 is 1.01 bits per heavy atom. The van der Waals surface area contributed by atoms with Gasteiger partial charge < -0.3 is 81.6 Å². The van der Waals surface area contributed by atoms with Gasteiger partial charge in [0.2, 0.25) is 59.1 Å². The zero-order valence-electron chi connectivity index (χ0n) is 45.3. The third-order valence-electron chi connectivity index (χ3n) is 12.6. The Balaban J connectivity index is 1.99. The molecule has 1 saturated heterocycles. The number of likely N-dealkylation sites (tertiary alicyclic amines) is 1. The summed E-state index contributed by atoms with van der Waals surface area (Å²) in [5.74, 6) is -10.1. The molecule has 0 aromatic heterocycles. The van der Waals surface area contributed by atoms with Crippen LogP contribution in [-0.2, 0) is 65.6 Å². The van der Waals surface area contributed by atoms with Crippen LogP contribution in [0.3, 0.4) is 0 Å². The summed E-state index contributed by atoms with van der Waals surface area (Å²) in [6.07, 6.45) is -0.906. The molecule has 3 rings (SSSR count). The first-order valence-corrected chi connectivity index (χ1v) is 26.2. The second-order valence-corrected chi connectivity index (χ2v) is 19.7. The number of guanidine groups is 2. The topological polar surface area (TPSA) is 476 Å². The molecular formula is C52H78N16O12. The maximum atomic E-state index is 14.7. The second-order valence-electron chi connectivity index (χ2n) is 19.7. The van der Waals surface area contributed by atoms with Gasteiger partial charge >= 0.3 is 5.97 Å². The zero-order chi connectivity index (χ0) is 59.5. The smallest absolute Gasteiger partial charge is 0.303 e. The molecule has 1 aliphatic rings. The zero-order valence-corrected chi connectivity index (χ0v) is 45.3. The number of nitrogens with zero attached hydrogens (tertiary/aromatic N) is 3. The third-order valence-corrected chi connectivity index (χ3v) is 12.6. The first kappa shape index (κ1) is 65.4. The van der Waals surface area contributed by atoms with Crippen molar-refractivity contribution in [3.8, 4) is 0 Å². The Bertz CT molecular complexity index is 2520. The summed E-state index contributed by atoms with van der Waals surface area (Å²) in [5.41, 5.74) is 33.9. The lowest BCUT2D eigenvalue weighted by Crippen LogP contribution is -2.60. The summed E-state index contributed by atoms with van der Waals surface area (Å²) >= 11 is 0. The SMILES string of the molecule is CC(=O)N[C@@H](CCC(=O)O)C(=O)N[C@@H](Cc1ccccc1)C(=O)N[C@@H](CC(C)C)C(=O)N[C@@H](Cc1ccccc1)C(=O)N[C@@H](CCCN=C(N)N)C(=O)N1CCC[C@H]1C(=O)N[C@@H](CCCN=C(N)N)C(=O)N[C@@H](CC(N)=O)C(N)=O. The number of carbonyl (C=O) groups is 11. The van der Waals surface area contributed by atoms with Crippen LogP contribution in [0.2, 0.25) is 0 Å². The molecule has 1 heterocycles. The van der Waals surface area contributed by atoms with Crippen molar-refractivity contribution < 1.29 is 57.8 Å². The Kier molecular flexibility index (Phi) is 27.4. The number of nitrogens with two attached hydrogens (primary N) is 6. The summed E-state index contributed by atoms with van der Waals surface area (Å²) in [7, 11) is 0. The lowest BCUT2D eigenvalue weighted by atomic mass is 9.99. The molecule has 10 amide bonds. The van der Waals surface area contributed by atoms with Crippen molar-refractivity contribution in [3.05, 3.63) is 71.8 Å². The van der Waals surface area contributed by atoms with E-state index in [1.807, 2.05) is 0 Å². The molecule has 2 aromatic carbocycles. The van der Waals surface area contributed by atoms with Crippen molar-refractivity contribution in [1.29, 1.82) is 0 Å². The van der Waals surface area contributed by atoms with Gasteiger partial charge in [0, 0.05) is 45.8 Å². The average Bonchev–Trinajstić information content (AvgIpc) is 3.93. The molecule has 0 radical (unpaired) electrons. The van der Waals surface area contributed by atoms with E-state index in [-0.39, 0.29) is 95.3 Å². The number of hydrogen-bond donors (Lipinski definition) is 14. The molecule has 0 spiro atoms. The minimum atomic E-state index is -1.51. The predicted octanol–water partition coefficient (Wildman–Crippen LogP) is -3.74. The van der Waals surface area contributed by atoms with Crippen LogP contribution in [0.15, 0.2) is 70.6 Å².